The van der Waals surface area contributed by atoms with Gasteiger partial charge in [-0.2, -0.15) is 4.31 Å². The first-order valence-corrected chi connectivity index (χ1v) is 12.5. The van der Waals surface area contributed by atoms with Gasteiger partial charge >= 0.3 is 0 Å². The molecule has 8 heteroatoms. The normalized spacial score (nSPS) is 18.0. The first kappa shape index (κ1) is 19.4. The summed E-state index contributed by atoms with van der Waals surface area (Å²) in [6, 6.07) is 11.2. The van der Waals surface area contributed by atoms with Gasteiger partial charge in [0.15, 0.2) is 0 Å². The second-order valence-corrected chi connectivity index (χ2v) is 11.0. The van der Waals surface area contributed by atoms with Crippen LogP contribution in [0.5, 0.6) is 0 Å². The predicted octanol–water partition coefficient (Wildman–Crippen LogP) is 3.15. The summed E-state index contributed by atoms with van der Waals surface area (Å²) in [7, 11) is -7.24. The molecule has 0 saturated carbocycles. The van der Waals surface area contributed by atoms with Crippen molar-refractivity contribution in [3.8, 4) is 0 Å². The monoisotopic (exact) mass is 420 g/mol. The van der Waals surface area contributed by atoms with E-state index in [1.165, 1.54) is 34.1 Å². The SMILES string of the molecule is O=S(=O)(Nc1ccc(S(=O)(=O)N2CCCCC2)cc1)c1ccc2c(c1)CCC2. The van der Waals surface area contributed by atoms with Crippen LogP contribution in [-0.4, -0.2) is 34.2 Å². The number of nitrogens with one attached hydrogen (secondary N) is 1. The lowest BCUT2D eigenvalue weighted by atomic mass is 10.1. The van der Waals surface area contributed by atoms with Crippen LogP contribution < -0.4 is 4.72 Å². The number of piperidine rings is 1. The Balaban J connectivity index is 1.52. The number of rotatable bonds is 5. The van der Waals surface area contributed by atoms with Crippen LogP contribution in [0.4, 0.5) is 5.69 Å². The fourth-order valence-corrected chi connectivity index (χ4v) is 6.50. The number of hydrogen-bond donors (Lipinski definition) is 1. The van der Waals surface area contributed by atoms with Crippen molar-refractivity contribution in [3.63, 3.8) is 0 Å². The van der Waals surface area contributed by atoms with Crippen molar-refractivity contribution in [2.24, 2.45) is 0 Å². The van der Waals surface area contributed by atoms with Gasteiger partial charge in [0.25, 0.3) is 10.0 Å². The quantitative estimate of drug-likeness (QED) is 0.805. The largest absolute Gasteiger partial charge is 0.280 e. The van der Waals surface area contributed by atoms with Gasteiger partial charge in [-0.05, 0) is 79.6 Å². The van der Waals surface area contributed by atoms with Gasteiger partial charge in [0.2, 0.25) is 10.0 Å². The molecule has 6 nitrogen and oxygen atoms in total. The minimum Gasteiger partial charge on any atom is -0.280 e. The maximum atomic E-state index is 12.7. The van der Waals surface area contributed by atoms with E-state index in [0.29, 0.717) is 18.8 Å². The molecule has 0 amide bonds. The molecule has 1 aliphatic carbocycles. The number of aryl methyl sites for hydroxylation is 2. The van der Waals surface area contributed by atoms with Crippen LogP contribution in [0, 0.1) is 0 Å². The fraction of sp³-hybridized carbons (Fsp3) is 0.400. The van der Waals surface area contributed by atoms with Crippen LogP contribution in [-0.2, 0) is 32.9 Å². The second kappa shape index (κ2) is 7.50. The summed E-state index contributed by atoms with van der Waals surface area (Å²) in [5.74, 6) is 0. The van der Waals surface area contributed by atoms with Gasteiger partial charge in [-0.1, -0.05) is 12.5 Å². The third kappa shape index (κ3) is 3.81. The van der Waals surface area contributed by atoms with Gasteiger partial charge < -0.3 is 0 Å². The number of sulfonamides is 2. The van der Waals surface area contributed by atoms with Crippen molar-refractivity contribution in [3.05, 3.63) is 53.6 Å². The van der Waals surface area contributed by atoms with Crippen LogP contribution in [0.3, 0.4) is 0 Å². The van der Waals surface area contributed by atoms with Crippen LogP contribution in [0.2, 0.25) is 0 Å². The number of anilines is 1. The predicted molar refractivity (Wildman–Crippen MR) is 108 cm³/mol. The van der Waals surface area contributed by atoms with Crippen LogP contribution in [0.25, 0.3) is 0 Å². The van der Waals surface area contributed by atoms with Gasteiger partial charge in [-0.15, -0.1) is 0 Å². The summed E-state index contributed by atoms with van der Waals surface area (Å²) in [6.45, 7) is 1.07. The number of benzene rings is 2. The fourth-order valence-electron chi connectivity index (χ4n) is 3.88. The highest BCUT2D eigenvalue weighted by molar-refractivity contribution is 7.92. The Kier molecular flexibility index (Phi) is 5.20. The zero-order valence-corrected chi connectivity index (χ0v) is 17.2. The maximum Gasteiger partial charge on any atom is 0.261 e. The summed E-state index contributed by atoms with van der Waals surface area (Å²) in [5, 5.41) is 0. The smallest absolute Gasteiger partial charge is 0.261 e. The molecule has 0 atom stereocenters. The zero-order chi connectivity index (χ0) is 19.8. The summed E-state index contributed by atoms with van der Waals surface area (Å²) in [6.07, 6.45) is 5.75. The minimum absolute atomic E-state index is 0.190. The molecule has 1 heterocycles. The summed E-state index contributed by atoms with van der Waals surface area (Å²) >= 11 is 0. The zero-order valence-electron chi connectivity index (χ0n) is 15.6. The van der Waals surface area contributed by atoms with Crippen LogP contribution >= 0.6 is 0 Å². The van der Waals surface area contributed by atoms with Crippen LogP contribution in [0.1, 0.15) is 36.8 Å². The maximum absolute atomic E-state index is 12.7. The van der Waals surface area contributed by atoms with Gasteiger partial charge in [0, 0.05) is 18.8 Å². The van der Waals surface area contributed by atoms with E-state index in [1.807, 2.05) is 6.07 Å². The summed E-state index contributed by atoms with van der Waals surface area (Å²) < 4.78 is 54.8. The van der Waals surface area contributed by atoms with Crippen molar-refractivity contribution in [2.75, 3.05) is 17.8 Å². The van der Waals surface area contributed by atoms with E-state index in [4.69, 9.17) is 0 Å². The molecule has 150 valence electrons. The average molecular weight is 421 g/mol. The molecule has 1 aliphatic heterocycles. The van der Waals surface area contributed by atoms with Crippen molar-refractivity contribution in [1.82, 2.24) is 4.31 Å². The topological polar surface area (TPSA) is 83.5 Å². The first-order chi connectivity index (χ1) is 13.4. The van der Waals surface area contributed by atoms with E-state index < -0.39 is 20.0 Å². The van der Waals surface area contributed by atoms with E-state index >= 15 is 0 Å². The lowest BCUT2D eigenvalue weighted by Crippen LogP contribution is -2.35. The highest BCUT2D eigenvalue weighted by Crippen LogP contribution is 2.27. The first-order valence-electron chi connectivity index (χ1n) is 9.61. The molecule has 1 N–H and O–H groups in total. The molecule has 1 fully saturated rings. The highest BCUT2D eigenvalue weighted by atomic mass is 32.2. The molecule has 0 spiro atoms. The standard InChI is InChI=1S/C20H24N2O4S2/c23-27(24,20-10-7-16-5-4-6-17(16)15-20)21-18-8-11-19(12-9-18)28(25,26)22-13-2-1-3-14-22/h7-12,15,21H,1-6,13-14H2. The average Bonchev–Trinajstić information content (AvgIpc) is 3.17. The molecule has 2 aliphatic rings. The van der Waals surface area contributed by atoms with Gasteiger partial charge in [0.1, 0.15) is 0 Å². The number of hydrogen-bond acceptors (Lipinski definition) is 4. The van der Waals surface area contributed by atoms with Crippen molar-refractivity contribution in [1.29, 1.82) is 0 Å². The van der Waals surface area contributed by atoms with E-state index in [-0.39, 0.29) is 9.79 Å². The highest BCUT2D eigenvalue weighted by Gasteiger charge is 2.26. The Labute approximate surface area is 166 Å². The Morgan fingerprint density at radius 3 is 2.07 bits per heavy atom. The molecule has 0 aromatic heterocycles. The Morgan fingerprint density at radius 1 is 0.714 bits per heavy atom. The Bertz CT molecular complexity index is 1070. The molecule has 4 rings (SSSR count). The van der Waals surface area contributed by atoms with Crippen LogP contribution in [0.15, 0.2) is 52.3 Å². The summed E-state index contributed by atoms with van der Waals surface area (Å²) in [4.78, 5) is 0.424. The van der Waals surface area contributed by atoms with Gasteiger partial charge in [-0.3, -0.25) is 4.72 Å². The molecule has 28 heavy (non-hydrogen) atoms. The number of fused-ring (bicyclic) bond motifs is 1. The van der Waals surface area contributed by atoms with E-state index in [2.05, 4.69) is 4.72 Å². The lowest BCUT2D eigenvalue weighted by Gasteiger charge is -2.25. The van der Waals surface area contributed by atoms with Crippen molar-refractivity contribution in [2.45, 2.75) is 48.3 Å². The molecule has 0 radical (unpaired) electrons. The van der Waals surface area contributed by atoms with Crippen molar-refractivity contribution < 1.29 is 16.8 Å². The van der Waals surface area contributed by atoms with E-state index in [1.54, 1.807) is 12.1 Å². The number of nitrogens with zero attached hydrogens (tertiary/aromatic N) is 1. The summed E-state index contributed by atoms with van der Waals surface area (Å²) in [5.41, 5.74) is 2.65. The molecule has 2 aromatic carbocycles. The van der Waals surface area contributed by atoms with Gasteiger partial charge in [-0.25, -0.2) is 16.8 Å². The molecule has 2 aromatic rings. The molecule has 1 saturated heterocycles. The van der Waals surface area contributed by atoms with Gasteiger partial charge in [0.05, 0.1) is 9.79 Å². The molecular formula is C20H24N2O4S2. The Morgan fingerprint density at radius 2 is 1.36 bits per heavy atom. The molecule has 0 unspecified atom stereocenters. The minimum atomic E-state index is -3.71. The third-order valence-electron chi connectivity index (χ3n) is 5.44. The van der Waals surface area contributed by atoms with E-state index in [9.17, 15) is 16.8 Å². The van der Waals surface area contributed by atoms with Crippen molar-refractivity contribution >= 4 is 25.7 Å². The second-order valence-electron chi connectivity index (χ2n) is 7.38. The lowest BCUT2D eigenvalue weighted by molar-refractivity contribution is 0.346. The Hall–Kier alpha value is -1.90. The molecular weight excluding hydrogens is 396 g/mol. The molecule has 0 bridgehead atoms. The third-order valence-corrected chi connectivity index (χ3v) is 8.73. The van der Waals surface area contributed by atoms with E-state index in [0.717, 1.165) is 44.1 Å².